The molecule has 100 valence electrons. The van der Waals surface area contributed by atoms with Gasteiger partial charge in [0.05, 0.1) is 5.56 Å². The van der Waals surface area contributed by atoms with Gasteiger partial charge in [-0.3, -0.25) is 14.3 Å². The Kier molecular flexibility index (Phi) is 3.39. The predicted molar refractivity (Wildman–Crippen MR) is 73.5 cm³/mol. The van der Waals surface area contributed by atoms with Crippen LogP contribution in [0.4, 0.5) is 5.00 Å². The van der Waals surface area contributed by atoms with E-state index in [-0.39, 0.29) is 5.91 Å². The van der Waals surface area contributed by atoms with Crippen LogP contribution in [-0.4, -0.2) is 21.6 Å². The number of hydrogen-bond donors (Lipinski definition) is 2. The van der Waals surface area contributed by atoms with Crippen LogP contribution in [0.15, 0.2) is 12.3 Å². The highest BCUT2D eigenvalue weighted by atomic mass is 32.1. The van der Waals surface area contributed by atoms with Crippen LogP contribution < -0.4 is 11.1 Å². The Balaban J connectivity index is 2.35. The lowest BCUT2D eigenvalue weighted by Gasteiger charge is -2.05. The van der Waals surface area contributed by atoms with Crippen molar-refractivity contribution in [1.82, 2.24) is 9.78 Å². The van der Waals surface area contributed by atoms with E-state index in [1.165, 1.54) is 22.2 Å². The molecule has 2 heterocycles. The lowest BCUT2D eigenvalue weighted by Crippen LogP contribution is -2.19. The highest BCUT2D eigenvalue weighted by Gasteiger charge is 2.20. The Bertz CT molecular complexity index is 657. The van der Waals surface area contributed by atoms with E-state index in [2.05, 4.69) is 10.4 Å². The summed E-state index contributed by atoms with van der Waals surface area (Å²) in [5, 5.41) is 7.12. The minimum atomic E-state index is -0.540. The molecule has 0 fully saturated rings. The van der Waals surface area contributed by atoms with Crippen LogP contribution in [0.3, 0.4) is 0 Å². The molecule has 2 rings (SSSR count). The van der Waals surface area contributed by atoms with E-state index in [1.54, 1.807) is 13.1 Å². The molecule has 0 radical (unpaired) electrons. The zero-order chi connectivity index (χ0) is 14.2. The Morgan fingerprint density at radius 2 is 2.11 bits per heavy atom. The van der Waals surface area contributed by atoms with Crippen molar-refractivity contribution in [1.29, 1.82) is 0 Å². The lowest BCUT2D eigenvalue weighted by molar-refractivity contribution is 0.100. The zero-order valence-electron chi connectivity index (χ0n) is 10.9. The molecular formula is C12H14N4O2S. The maximum Gasteiger partial charge on any atom is 0.274 e. The number of aromatic nitrogens is 2. The largest absolute Gasteiger partial charge is 0.365 e. The summed E-state index contributed by atoms with van der Waals surface area (Å²) in [4.78, 5) is 24.5. The molecule has 3 N–H and O–H groups in total. The summed E-state index contributed by atoms with van der Waals surface area (Å²) >= 11 is 1.34. The molecule has 0 aliphatic heterocycles. The highest BCUT2D eigenvalue weighted by molar-refractivity contribution is 7.16. The Morgan fingerprint density at radius 3 is 2.63 bits per heavy atom. The first-order valence-electron chi connectivity index (χ1n) is 5.61. The topological polar surface area (TPSA) is 90.0 Å². The average Bonchev–Trinajstić information content (AvgIpc) is 2.84. The predicted octanol–water partition coefficient (Wildman–Crippen LogP) is 1.45. The second-order valence-electron chi connectivity index (χ2n) is 4.15. The third-order valence-electron chi connectivity index (χ3n) is 2.91. The molecule has 0 atom stereocenters. The Hall–Kier alpha value is -2.15. The van der Waals surface area contributed by atoms with Crippen LogP contribution in [0.1, 0.15) is 31.3 Å². The molecule has 0 aromatic carbocycles. The molecule has 0 bridgehead atoms. The second-order valence-corrected chi connectivity index (χ2v) is 5.37. The normalized spacial score (nSPS) is 10.5. The molecule has 0 saturated heterocycles. The molecule has 7 heteroatoms. The first-order valence-corrected chi connectivity index (χ1v) is 6.42. The van der Waals surface area contributed by atoms with Gasteiger partial charge in [-0.2, -0.15) is 5.10 Å². The van der Waals surface area contributed by atoms with Crippen molar-refractivity contribution in [2.75, 3.05) is 5.32 Å². The first-order chi connectivity index (χ1) is 8.91. The lowest BCUT2D eigenvalue weighted by atomic mass is 10.1. The van der Waals surface area contributed by atoms with Gasteiger partial charge in [0.2, 0.25) is 0 Å². The number of anilines is 1. The summed E-state index contributed by atoms with van der Waals surface area (Å²) in [7, 11) is 1.68. The van der Waals surface area contributed by atoms with E-state index in [0.717, 1.165) is 10.4 Å². The van der Waals surface area contributed by atoms with E-state index in [4.69, 9.17) is 5.73 Å². The Morgan fingerprint density at radius 1 is 1.42 bits per heavy atom. The number of carbonyl (C=O) groups is 2. The van der Waals surface area contributed by atoms with Crippen molar-refractivity contribution in [2.45, 2.75) is 13.8 Å². The average molecular weight is 278 g/mol. The third-order valence-corrected chi connectivity index (χ3v) is 4.04. The van der Waals surface area contributed by atoms with Crippen LogP contribution in [0.25, 0.3) is 0 Å². The third kappa shape index (κ3) is 2.37. The fourth-order valence-corrected chi connectivity index (χ4v) is 2.84. The maximum absolute atomic E-state index is 12.1. The maximum atomic E-state index is 12.1. The fourth-order valence-electron chi connectivity index (χ4n) is 1.78. The van der Waals surface area contributed by atoms with Crippen molar-refractivity contribution in [3.63, 3.8) is 0 Å². The van der Waals surface area contributed by atoms with Crippen molar-refractivity contribution >= 4 is 28.2 Å². The zero-order valence-corrected chi connectivity index (χ0v) is 11.7. The summed E-state index contributed by atoms with van der Waals surface area (Å²) in [5.41, 5.74) is 6.94. The number of nitrogens with zero attached hydrogens (tertiary/aromatic N) is 2. The van der Waals surface area contributed by atoms with Gasteiger partial charge in [0.15, 0.2) is 0 Å². The number of carbonyl (C=O) groups excluding carboxylic acids is 2. The smallest absolute Gasteiger partial charge is 0.274 e. The standard InChI is InChI=1S/C12H14N4O2S/c1-6-7(2)19-12(9(6)10(13)17)15-11(18)8-4-5-14-16(8)3/h4-5H,1-3H3,(H2,13,17)(H,15,18). The van der Waals surface area contributed by atoms with Crippen molar-refractivity contribution in [3.8, 4) is 0 Å². The minimum Gasteiger partial charge on any atom is -0.365 e. The van der Waals surface area contributed by atoms with Crippen molar-refractivity contribution < 1.29 is 9.59 Å². The number of aryl methyl sites for hydroxylation is 2. The summed E-state index contributed by atoms with van der Waals surface area (Å²) in [6, 6.07) is 1.60. The van der Waals surface area contributed by atoms with Crippen molar-refractivity contribution in [2.24, 2.45) is 12.8 Å². The monoisotopic (exact) mass is 278 g/mol. The van der Waals surface area contributed by atoms with E-state index in [0.29, 0.717) is 16.3 Å². The van der Waals surface area contributed by atoms with Gasteiger partial charge in [-0.05, 0) is 25.5 Å². The van der Waals surface area contributed by atoms with E-state index in [1.807, 2.05) is 13.8 Å². The van der Waals surface area contributed by atoms with Crippen LogP contribution in [0.5, 0.6) is 0 Å². The number of nitrogens with two attached hydrogens (primary N) is 1. The van der Waals surface area contributed by atoms with Gasteiger partial charge >= 0.3 is 0 Å². The van der Waals surface area contributed by atoms with Crippen molar-refractivity contribution in [3.05, 3.63) is 34.0 Å². The number of hydrogen-bond acceptors (Lipinski definition) is 4. The second kappa shape index (κ2) is 4.85. The highest BCUT2D eigenvalue weighted by Crippen LogP contribution is 2.32. The minimum absolute atomic E-state index is 0.316. The van der Waals surface area contributed by atoms with Crippen LogP contribution in [0.2, 0.25) is 0 Å². The fraction of sp³-hybridized carbons (Fsp3) is 0.250. The summed E-state index contributed by atoms with van der Waals surface area (Å²) < 4.78 is 1.46. The molecule has 0 unspecified atom stereocenters. The molecule has 6 nitrogen and oxygen atoms in total. The number of nitrogens with one attached hydrogen (secondary N) is 1. The van der Waals surface area contributed by atoms with Crippen LogP contribution >= 0.6 is 11.3 Å². The van der Waals surface area contributed by atoms with Gasteiger partial charge in [0.1, 0.15) is 10.7 Å². The summed E-state index contributed by atoms with van der Waals surface area (Å²) in [6.45, 7) is 3.69. The summed E-state index contributed by atoms with van der Waals surface area (Å²) in [6.07, 6.45) is 1.54. The molecule has 2 aromatic rings. The molecule has 0 aliphatic carbocycles. The van der Waals surface area contributed by atoms with E-state index in [9.17, 15) is 9.59 Å². The number of primary amides is 1. The molecular weight excluding hydrogens is 264 g/mol. The first kappa shape index (κ1) is 13.3. The number of amides is 2. The van der Waals surface area contributed by atoms with E-state index >= 15 is 0 Å². The van der Waals surface area contributed by atoms with Gasteiger partial charge in [-0.1, -0.05) is 0 Å². The van der Waals surface area contributed by atoms with Gasteiger partial charge < -0.3 is 11.1 Å². The Labute approximate surface area is 114 Å². The molecule has 2 amide bonds. The van der Waals surface area contributed by atoms with Gasteiger partial charge in [-0.25, -0.2) is 0 Å². The van der Waals surface area contributed by atoms with Crippen LogP contribution in [-0.2, 0) is 7.05 Å². The summed E-state index contributed by atoms with van der Waals surface area (Å²) in [5.74, 6) is -0.856. The molecule has 2 aromatic heterocycles. The number of thiophene rings is 1. The van der Waals surface area contributed by atoms with E-state index < -0.39 is 5.91 Å². The molecule has 0 spiro atoms. The van der Waals surface area contributed by atoms with Gasteiger partial charge in [0.25, 0.3) is 11.8 Å². The van der Waals surface area contributed by atoms with Gasteiger partial charge in [0, 0.05) is 18.1 Å². The van der Waals surface area contributed by atoms with Gasteiger partial charge in [-0.15, -0.1) is 11.3 Å². The SMILES string of the molecule is Cc1sc(NC(=O)c2ccnn2C)c(C(N)=O)c1C. The number of rotatable bonds is 3. The molecule has 19 heavy (non-hydrogen) atoms. The molecule has 0 saturated carbocycles. The van der Waals surface area contributed by atoms with Crippen LogP contribution in [0, 0.1) is 13.8 Å². The quantitative estimate of drug-likeness (QED) is 0.890. The molecule has 0 aliphatic rings.